The zero-order valence-electron chi connectivity index (χ0n) is 19.3. The number of morpholine rings is 1. The molecule has 9 nitrogen and oxygen atoms in total. The molecule has 1 atom stereocenters. The Morgan fingerprint density at radius 2 is 1.74 bits per heavy atom. The molecule has 1 heterocycles. The second-order valence-electron chi connectivity index (χ2n) is 8.21. The number of urea groups is 1. The lowest BCUT2D eigenvalue weighted by Gasteiger charge is -2.42. The van der Waals surface area contributed by atoms with Gasteiger partial charge in [-0.1, -0.05) is 39.0 Å². The van der Waals surface area contributed by atoms with Crippen molar-refractivity contribution >= 4 is 17.7 Å². The maximum atomic E-state index is 13.6. The predicted octanol–water partition coefficient (Wildman–Crippen LogP) is 1.94. The smallest absolute Gasteiger partial charge is 0.321 e. The van der Waals surface area contributed by atoms with E-state index in [9.17, 15) is 14.4 Å². The van der Waals surface area contributed by atoms with Gasteiger partial charge in [0.1, 0.15) is 6.04 Å². The van der Waals surface area contributed by atoms with Crippen molar-refractivity contribution in [3.05, 3.63) is 0 Å². The molecule has 1 saturated heterocycles. The second kappa shape index (κ2) is 13.6. The normalized spacial score (nSPS) is 18.6. The summed E-state index contributed by atoms with van der Waals surface area (Å²) in [6, 6.07) is -0.931. The molecule has 31 heavy (non-hydrogen) atoms. The fourth-order valence-corrected chi connectivity index (χ4v) is 4.29. The van der Waals surface area contributed by atoms with Gasteiger partial charge in [0.05, 0.1) is 19.8 Å². The van der Waals surface area contributed by atoms with Crippen molar-refractivity contribution in [3.8, 4) is 0 Å². The molecule has 0 aromatic rings. The summed E-state index contributed by atoms with van der Waals surface area (Å²) >= 11 is 0. The summed E-state index contributed by atoms with van der Waals surface area (Å²) in [5.41, 5.74) is 0. The molecule has 9 heteroatoms. The van der Waals surface area contributed by atoms with Crippen LogP contribution in [-0.2, 0) is 23.8 Å². The molecular formula is C22H39N3O6. The van der Waals surface area contributed by atoms with Gasteiger partial charge in [-0.15, -0.1) is 0 Å². The van der Waals surface area contributed by atoms with Crippen LogP contribution < -0.4 is 5.32 Å². The largest absolute Gasteiger partial charge is 0.378 e. The third-order valence-electron chi connectivity index (χ3n) is 6.12. The van der Waals surface area contributed by atoms with Crippen LogP contribution in [0.15, 0.2) is 0 Å². The molecule has 1 saturated carbocycles. The molecule has 2 fully saturated rings. The van der Waals surface area contributed by atoms with Crippen molar-refractivity contribution in [3.63, 3.8) is 0 Å². The molecule has 0 radical (unpaired) electrons. The SMILES string of the molecule is CCCC[C@@H](C(=O)C(=O)NCC(OC)OC)N(C(=O)N1CCOCC1)C1CCCCC1. The van der Waals surface area contributed by atoms with Crippen molar-refractivity contribution in [1.82, 2.24) is 15.1 Å². The summed E-state index contributed by atoms with van der Waals surface area (Å²) in [4.78, 5) is 43.1. The molecule has 0 aromatic heterocycles. The fraction of sp³-hybridized carbons (Fsp3) is 0.864. The zero-order valence-corrected chi connectivity index (χ0v) is 19.3. The first-order valence-corrected chi connectivity index (χ1v) is 11.6. The lowest BCUT2D eigenvalue weighted by molar-refractivity contribution is -0.143. The summed E-state index contributed by atoms with van der Waals surface area (Å²) < 4.78 is 15.6. The molecule has 178 valence electrons. The van der Waals surface area contributed by atoms with Crippen LogP contribution >= 0.6 is 0 Å². The van der Waals surface area contributed by atoms with Gasteiger partial charge < -0.3 is 29.3 Å². The molecule has 3 amide bonds. The van der Waals surface area contributed by atoms with E-state index in [-0.39, 0.29) is 18.6 Å². The molecule has 0 spiro atoms. The van der Waals surface area contributed by atoms with E-state index in [2.05, 4.69) is 5.32 Å². The van der Waals surface area contributed by atoms with E-state index in [1.807, 2.05) is 6.92 Å². The van der Waals surface area contributed by atoms with E-state index >= 15 is 0 Å². The number of nitrogens with one attached hydrogen (secondary N) is 1. The highest BCUT2D eigenvalue weighted by atomic mass is 16.7. The number of carbonyl (C=O) groups is 3. The first-order chi connectivity index (χ1) is 15.0. The van der Waals surface area contributed by atoms with Crippen molar-refractivity contribution < 1.29 is 28.6 Å². The highest BCUT2D eigenvalue weighted by molar-refractivity contribution is 6.38. The second-order valence-corrected chi connectivity index (χ2v) is 8.21. The van der Waals surface area contributed by atoms with Gasteiger partial charge in [0.15, 0.2) is 6.29 Å². The Morgan fingerprint density at radius 1 is 1.10 bits per heavy atom. The summed E-state index contributed by atoms with van der Waals surface area (Å²) in [5.74, 6) is -1.26. The van der Waals surface area contributed by atoms with Crippen molar-refractivity contribution in [1.29, 1.82) is 0 Å². The Balaban J connectivity index is 2.22. The Kier molecular flexibility index (Phi) is 11.2. The third-order valence-corrected chi connectivity index (χ3v) is 6.12. The highest BCUT2D eigenvalue weighted by Gasteiger charge is 2.40. The van der Waals surface area contributed by atoms with E-state index in [4.69, 9.17) is 14.2 Å². The van der Waals surface area contributed by atoms with Gasteiger partial charge in [-0.05, 0) is 19.3 Å². The number of methoxy groups -OCH3 is 2. The highest BCUT2D eigenvalue weighted by Crippen LogP contribution is 2.27. The minimum Gasteiger partial charge on any atom is -0.378 e. The molecular weight excluding hydrogens is 402 g/mol. The summed E-state index contributed by atoms with van der Waals surface area (Å²) in [5, 5.41) is 2.61. The molecule has 2 rings (SSSR count). The Bertz CT molecular complexity index is 572. The van der Waals surface area contributed by atoms with Crippen LogP contribution in [0.5, 0.6) is 0 Å². The molecule has 2 aliphatic rings. The maximum Gasteiger partial charge on any atom is 0.321 e. The zero-order chi connectivity index (χ0) is 22.6. The first kappa shape index (κ1) is 25.5. The summed E-state index contributed by atoms with van der Waals surface area (Å²) in [6.07, 6.45) is 6.42. The Labute approximate surface area is 185 Å². The number of amides is 3. The number of ether oxygens (including phenoxy) is 3. The average Bonchev–Trinajstić information content (AvgIpc) is 2.82. The number of unbranched alkanes of at least 4 members (excludes halogenated alkanes) is 1. The van der Waals surface area contributed by atoms with Gasteiger partial charge in [0, 0.05) is 33.4 Å². The number of hydrogen-bond acceptors (Lipinski definition) is 6. The van der Waals surface area contributed by atoms with Crippen LogP contribution in [0.3, 0.4) is 0 Å². The van der Waals surface area contributed by atoms with Crippen LogP contribution in [0.2, 0.25) is 0 Å². The minimum absolute atomic E-state index is 0.0200. The topological polar surface area (TPSA) is 97.4 Å². The van der Waals surface area contributed by atoms with Gasteiger partial charge in [0.25, 0.3) is 5.91 Å². The molecule has 0 unspecified atom stereocenters. The number of rotatable bonds is 11. The third kappa shape index (κ3) is 7.43. The monoisotopic (exact) mass is 441 g/mol. The van der Waals surface area contributed by atoms with Gasteiger partial charge in [-0.2, -0.15) is 0 Å². The molecule has 0 aromatic carbocycles. The lowest BCUT2D eigenvalue weighted by Crippen LogP contribution is -2.59. The van der Waals surface area contributed by atoms with Crippen molar-refractivity contribution in [2.24, 2.45) is 0 Å². The van der Waals surface area contributed by atoms with Crippen LogP contribution in [0.25, 0.3) is 0 Å². The van der Waals surface area contributed by atoms with Crippen LogP contribution in [0.4, 0.5) is 4.79 Å². The van der Waals surface area contributed by atoms with Gasteiger partial charge in [-0.3, -0.25) is 9.59 Å². The van der Waals surface area contributed by atoms with Crippen LogP contribution in [0, 0.1) is 0 Å². The molecule has 0 bridgehead atoms. The first-order valence-electron chi connectivity index (χ1n) is 11.6. The van der Waals surface area contributed by atoms with Crippen molar-refractivity contribution in [2.75, 3.05) is 47.1 Å². The van der Waals surface area contributed by atoms with Crippen molar-refractivity contribution in [2.45, 2.75) is 76.7 Å². The van der Waals surface area contributed by atoms with Crippen LogP contribution in [-0.4, -0.2) is 93.0 Å². The maximum absolute atomic E-state index is 13.6. The number of hydrogen-bond donors (Lipinski definition) is 1. The number of nitrogens with zero attached hydrogens (tertiary/aromatic N) is 2. The standard InChI is InChI=1S/C22H39N3O6/c1-4-5-11-18(20(26)21(27)23-16-19(29-2)30-3)25(17-9-7-6-8-10-17)22(28)24-12-14-31-15-13-24/h17-19H,4-16H2,1-3H3,(H,23,27)/t18-/m0/s1. The van der Waals surface area contributed by atoms with E-state index in [1.54, 1.807) is 9.80 Å². The molecule has 1 N–H and O–H groups in total. The molecule has 1 aliphatic carbocycles. The number of carbonyl (C=O) groups excluding carboxylic acids is 3. The lowest BCUT2D eigenvalue weighted by atomic mass is 9.91. The van der Waals surface area contributed by atoms with Gasteiger partial charge in [-0.25, -0.2) is 4.79 Å². The predicted molar refractivity (Wildman–Crippen MR) is 116 cm³/mol. The Morgan fingerprint density at radius 3 is 2.32 bits per heavy atom. The van der Waals surface area contributed by atoms with E-state index in [0.717, 1.165) is 44.9 Å². The van der Waals surface area contributed by atoms with Crippen LogP contribution in [0.1, 0.15) is 58.3 Å². The summed E-state index contributed by atoms with van der Waals surface area (Å²) in [7, 11) is 2.94. The minimum atomic E-state index is -0.762. The fourth-order valence-electron chi connectivity index (χ4n) is 4.29. The van der Waals surface area contributed by atoms with Gasteiger partial charge >= 0.3 is 6.03 Å². The van der Waals surface area contributed by atoms with E-state index in [1.165, 1.54) is 14.2 Å². The number of ketones is 1. The quantitative estimate of drug-likeness (QED) is 0.389. The Hall–Kier alpha value is -1.71. The molecule has 1 aliphatic heterocycles. The number of Topliss-reactive ketones (excluding diaryl/α,β-unsaturated/α-hetero) is 1. The summed E-state index contributed by atoms with van der Waals surface area (Å²) in [6.45, 7) is 4.11. The average molecular weight is 442 g/mol. The van der Waals surface area contributed by atoms with Gasteiger partial charge in [0.2, 0.25) is 5.78 Å². The van der Waals surface area contributed by atoms with E-state index in [0.29, 0.717) is 32.7 Å². The van der Waals surface area contributed by atoms with E-state index < -0.39 is 24.0 Å².